The lowest BCUT2D eigenvalue weighted by Crippen LogP contribution is -2.19. The Labute approximate surface area is 124 Å². The molecule has 1 aromatic rings. The van der Waals surface area contributed by atoms with Crippen molar-refractivity contribution in [1.29, 1.82) is 0 Å². The molecule has 0 N–H and O–H groups in total. The first kappa shape index (κ1) is 16.6. The van der Waals surface area contributed by atoms with Gasteiger partial charge < -0.3 is 0 Å². The van der Waals surface area contributed by atoms with Crippen LogP contribution in [0.15, 0.2) is 55.1 Å². The minimum absolute atomic E-state index is 0.0622. The Morgan fingerprint density at radius 2 is 1.85 bits per heavy atom. The van der Waals surface area contributed by atoms with Crippen LogP contribution in [0.2, 0.25) is 25.7 Å². The van der Waals surface area contributed by atoms with Gasteiger partial charge in [0.1, 0.15) is 0 Å². The number of ketones is 1. The molecular weight excluding hydrogens is 260 g/mol. The van der Waals surface area contributed by atoms with Crippen molar-refractivity contribution in [3.8, 4) is 0 Å². The van der Waals surface area contributed by atoms with E-state index in [1.807, 2.05) is 25.1 Å². The summed E-state index contributed by atoms with van der Waals surface area (Å²) < 4.78 is 0. The van der Waals surface area contributed by atoms with Crippen molar-refractivity contribution in [2.24, 2.45) is 5.92 Å². The fourth-order valence-electron chi connectivity index (χ4n) is 2.17. The molecule has 0 bridgehead atoms. The standard InChI is InChI=1S/C18H26OSi/c1-6-18(19)15(2)17(13-10-14-20(3,4)5)16-11-8-7-9-12-16/h6-13,15,17H,1,14H2,2-5H3/b13-10+/t15-,17+/m0/s1. The highest BCUT2D eigenvalue weighted by Gasteiger charge is 2.21. The van der Waals surface area contributed by atoms with Gasteiger partial charge in [0.15, 0.2) is 5.78 Å². The summed E-state index contributed by atoms with van der Waals surface area (Å²) in [5.41, 5.74) is 1.20. The van der Waals surface area contributed by atoms with Crippen molar-refractivity contribution in [2.45, 2.75) is 38.5 Å². The molecule has 20 heavy (non-hydrogen) atoms. The van der Waals surface area contributed by atoms with E-state index in [0.29, 0.717) is 0 Å². The van der Waals surface area contributed by atoms with E-state index < -0.39 is 8.07 Å². The molecule has 0 saturated heterocycles. The van der Waals surface area contributed by atoms with Crippen LogP contribution in [-0.4, -0.2) is 13.9 Å². The highest BCUT2D eigenvalue weighted by atomic mass is 28.3. The van der Waals surface area contributed by atoms with E-state index in [-0.39, 0.29) is 17.6 Å². The maximum atomic E-state index is 11.9. The second kappa shape index (κ2) is 7.39. The molecule has 0 aromatic heterocycles. The normalized spacial score (nSPS) is 15.0. The van der Waals surface area contributed by atoms with Crippen molar-refractivity contribution in [3.05, 3.63) is 60.7 Å². The minimum Gasteiger partial charge on any atom is -0.295 e. The monoisotopic (exact) mass is 286 g/mol. The van der Waals surface area contributed by atoms with Crippen LogP contribution in [0, 0.1) is 5.92 Å². The van der Waals surface area contributed by atoms with Crippen LogP contribution in [0.1, 0.15) is 18.4 Å². The van der Waals surface area contributed by atoms with E-state index in [1.54, 1.807) is 0 Å². The van der Waals surface area contributed by atoms with Gasteiger partial charge in [-0.2, -0.15) is 0 Å². The molecule has 0 amide bonds. The number of allylic oxidation sites excluding steroid dienone is 3. The molecule has 1 rings (SSSR count). The number of carbonyl (C=O) groups is 1. The molecule has 0 fully saturated rings. The first-order valence-electron chi connectivity index (χ1n) is 7.23. The first-order chi connectivity index (χ1) is 9.35. The summed E-state index contributed by atoms with van der Waals surface area (Å²) in [7, 11) is -1.09. The number of hydrogen-bond donors (Lipinski definition) is 0. The predicted molar refractivity (Wildman–Crippen MR) is 90.8 cm³/mol. The van der Waals surface area contributed by atoms with Crippen LogP contribution in [0.3, 0.4) is 0 Å². The lowest BCUT2D eigenvalue weighted by Gasteiger charge is -2.20. The highest BCUT2D eigenvalue weighted by molar-refractivity contribution is 6.76. The SMILES string of the molecule is C=CC(=O)[C@@H](C)[C@@H](/C=C/C[Si](C)(C)C)c1ccccc1. The molecule has 1 aromatic carbocycles. The third kappa shape index (κ3) is 5.30. The molecule has 2 heteroatoms. The summed E-state index contributed by atoms with van der Waals surface area (Å²) in [5.74, 6) is 0.183. The third-order valence-electron chi connectivity index (χ3n) is 3.45. The predicted octanol–water partition coefficient (Wildman–Crippen LogP) is 5.06. The molecule has 108 valence electrons. The van der Waals surface area contributed by atoms with Crippen molar-refractivity contribution >= 4 is 13.9 Å². The lowest BCUT2D eigenvalue weighted by molar-refractivity contribution is -0.118. The van der Waals surface area contributed by atoms with Crippen molar-refractivity contribution in [1.82, 2.24) is 0 Å². The maximum Gasteiger partial charge on any atom is 0.158 e. The van der Waals surface area contributed by atoms with E-state index >= 15 is 0 Å². The summed E-state index contributed by atoms with van der Waals surface area (Å²) in [4.78, 5) is 11.9. The number of carbonyl (C=O) groups excluding carboxylic acids is 1. The van der Waals surface area contributed by atoms with Gasteiger partial charge in [-0.15, -0.1) is 0 Å². The lowest BCUT2D eigenvalue weighted by atomic mass is 9.84. The number of benzene rings is 1. The van der Waals surface area contributed by atoms with E-state index in [2.05, 4.69) is 50.5 Å². The topological polar surface area (TPSA) is 17.1 Å². The zero-order valence-corrected chi connectivity index (χ0v) is 14.1. The Balaban J connectivity index is 2.97. The Kier molecular flexibility index (Phi) is 6.15. The Morgan fingerprint density at radius 1 is 1.25 bits per heavy atom. The smallest absolute Gasteiger partial charge is 0.158 e. The molecule has 0 heterocycles. The summed E-state index contributed by atoms with van der Waals surface area (Å²) >= 11 is 0. The summed E-state index contributed by atoms with van der Waals surface area (Å²) in [5, 5.41) is 0. The van der Waals surface area contributed by atoms with Crippen LogP contribution in [0.5, 0.6) is 0 Å². The zero-order chi connectivity index (χ0) is 15.2. The van der Waals surface area contributed by atoms with Crippen LogP contribution in [-0.2, 0) is 4.79 Å². The molecule has 0 spiro atoms. The molecule has 0 saturated carbocycles. The van der Waals surface area contributed by atoms with E-state index in [4.69, 9.17) is 0 Å². The summed E-state index contributed by atoms with van der Waals surface area (Å²) in [6.45, 7) is 12.7. The Bertz CT molecular complexity index is 468. The average Bonchev–Trinajstić information content (AvgIpc) is 2.42. The second-order valence-corrected chi connectivity index (χ2v) is 12.1. The van der Waals surface area contributed by atoms with Gasteiger partial charge in [0.05, 0.1) is 0 Å². The molecule has 1 nitrogen and oxygen atoms in total. The van der Waals surface area contributed by atoms with Crippen molar-refractivity contribution in [3.63, 3.8) is 0 Å². The number of rotatable bonds is 7. The summed E-state index contributed by atoms with van der Waals surface area (Å²) in [6.07, 6.45) is 5.91. The molecule has 0 aliphatic heterocycles. The largest absolute Gasteiger partial charge is 0.295 e. The Morgan fingerprint density at radius 3 is 2.35 bits per heavy atom. The summed E-state index contributed by atoms with van der Waals surface area (Å²) in [6, 6.07) is 11.4. The van der Waals surface area contributed by atoms with Crippen LogP contribution in [0.4, 0.5) is 0 Å². The van der Waals surface area contributed by atoms with Gasteiger partial charge in [0, 0.05) is 19.9 Å². The third-order valence-corrected chi connectivity index (χ3v) is 4.91. The quantitative estimate of drug-likeness (QED) is 0.389. The van der Waals surface area contributed by atoms with Gasteiger partial charge in [0.25, 0.3) is 0 Å². The Hall–Kier alpha value is -1.41. The molecule has 0 radical (unpaired) electrons. The van der Waals surface area contributed by atoms with Gasteiger partial charge in [-0.3, -0.25) is 4.79 Å². The van der Waals surface area contributed by atoms with E-state index in [0.717, 1.165) is 6.04 Å². The highest BCUT2D eigenvalue weighted by Crippen LogP contribution is 2.27. The molecule has 0 unspecified atom stereocenters. The van der Waals surface area contributed by atoms with Crippen LogP contribution in [0.25, 0.3) is 0 Å². The number of hydrogen-bond acceptors (Lipinski definition) is 1. The maximum absolute atomic E-state index is 11.9. The molecular formula is C18H26OSi. The molecule has 0 aliphatic rings. The van der Waals surface area contributed by atoms with Gasteiger partial charge in [0.2, 0.25) is 0 Å². The average molecular weight is 286 g/mol. The van der Waals surface area contributed by atoms with Gasteiger partial charge >= 0.3 is 0 Å². The van der Waals surface area contributed by atoms with E-state index in [1.165, 1.54) is 11.6 Å². The zero-order valence-electron chi connectivity index (χ0n) is 13.1. The minimum atomic E-state index is -1.09. The second-order valence-electron chi connectivity index (χ2n) is 6.52. The van der Waals surface area contributed by atoms with Gasteiger partial charge in [-0.25, -0.2) is 0 Å². The van der Waals surface area contributed by atoms with Crippen molar-refractivity contribution in [2.75, 3.05) is 0 Å². The fraction of sp³-hybridized carbons (Fsp3) is 0.389. The molecule has 0 aliphatic carbocycles. The van der Waals surface area contributed by atoms with Crippen LogP contribution < -0.4 is 0 Å². The van der Waals surface area contributed by atoms with Crippen LogP contribution >= 0.6 is 0 Å². The fourth-order valence-corrected chi connectivity index (χ4v) is 3.02. The first-order valence-corrected chi connectivity index (χ1v) is 10.9. The van der Waals surface area contributed by atoms with Gasteiger partial charge in [-0.05, 0) is 17.7 Å². The van der Waals surface area contributed by atoms with E-state index in [9.17, 15) is 4.79 Å². The molecule has 2 atom stereocenters. The van der Waals surface area contributed by atoms with Crippen molar-refractivity contribution < 1.29 is 4.79 Å². The van der Waals surface area contributed by atoms with Gasteiger partial charge in [-0.1, -0.05) is 75.6 Å².